The molecule has 2 aromatic heterocycles. The Kier molecular flexibility index (Phi) is 3.43. The summed E-state index contributed by atoms with van der Waals surface area (Å²) in [6, 6.07) is 7.84. The van der Waals surface area contributed by atoms with E-state index in [2.05, 4.69) is 21.6 Å². The minimum Gasteiger partial charge on any atom is -0.360 e. The molecule has 3 rings (SSSR count). The SMILES string of the molecule is Cc1ccc2cnn(CCC(=O)Nc3cc(C)on3)c2c1. The smallest absolute Gasteiger partial charge is 0.227 e. The standard InChI is InChI=1S/C15H16N4O2/c1-10-3-4-12-9-16-19(13(12)7-10)6-5-15(20)17-14-8-11(2)21-18-14/h3-4,7-9H,5-6H2,1-2H3,(H,17,18,20). The summed E-state index contributed by atoms with van der Waals surface area (Å²) in [6.45, 7) is 4.34. The topological polar surface area (TPSA) is 73.0 Å². The summed E-state index contributed by atoms with van der Waals surface area (Å²) in [7, 11) is 0. The van der Waals surface area contributed by atoms with Gasteiger partial charge in [-0.25, -0.2) is 0 Å². The predicted octanol–water partition coefficient (Wildman–Crippen LogP) is 2.67. The molecule has 108 valence electrons. The molecule has 3 aromatic rings. The summed E-state index contributed by atoms with van der Waals surface area (Å²) >= 11 is 0. The minimum atomic E-state index is -0.111. The fourth-order valence-electron chi connectivity index (χ4n) is 2.20. The van der Waals surface area contributed by atoms with E-state index < -0.39 is 0 Å². The van der Waals surface area contributed by atoms with Gasteiger partial charge in [-0.15, -0.1) is 0 Å². The van der Waals surface area contributed by atoms with Crippen LogP contribution < -0.4 is 5.32 Å². The van der Waals surface area contributed by atoms with Gasteiger partial charge in [0, 0.05) is 17.9 Å². The highest BCUT2D eigenvalue weighted by Crippen LogP contribution is 2.16. The van der Waals surface area contributed by atoms with Crippen LogP contribution in [0.25, 0.3) is 10.9 Å². The molecule has 6 heteroatoms. The number of amides is 1. The molecule has 0 fully saturated rings. The molecular formula is C15H16N4O2. The van der Waals surface area contributed by atoms with Gasteiger partial charge in [0.05, 0.1) is 18.3 Å². The molecule has 0 bridgehead atoms. The molecule has 0 spiro atoms. The monoisotopic (exact) mass is 284 g/mol. The normalized spacial score (nSPS) is 11.0. The van der Waals surface area contributed by atoms with Crippen LogP contribution in [0.15, 0.2) is 35.0 Å². The predicted molar refractivity (Wildman–Crippen MR) is 79.0 cm³/mol. The summed E-state index contributed by atoms with van der Waals surface area (Å²) < 4.78 is 6.75. The zero-order valence-corrected chi connectivity index (χ0v) is 12.0. The zero-order chi connectivity index (χ0) is 14.8. The van der Waals surface area contributed by atoms with Gasteiger partial charge in [0.1, 0.15) is 5.76 Å². The van der Waals surface area contributed by atoms with Gasteiger partial charge in [-0.2, -0.15) is 5.10 Å². The van der Waals surface area contributed by atoms with Crippen LogP contribution >= 0.6 is 0 Å². The van der Waals surface area contributed by atoms with Gasteiger partial charge in [-0.1, -0.05) is 17.3 Å². The second-order valence-electron chi connectivity index (χ2n) is 5.05. The number of aryl methyl sites for hydroxylation is 3. The number of nitrogens with one attached hydrogen (secondary N) is 1. The Morgan fingerprint density at radius 1 is 1.33 bits per heavy atom. The van der Waals surface area contributed by atoms with Gasteiger partial charge in [0.2, 0.25) is 5.91 Å². The van der Waals surface area contributed by atoms with Crippen LogP contribution in [0.3, 0.4) is 0 Å². The van der Waals surface area contributed by atoms with Crippen molar-refractivity contribution in [2.75, 3.05) is 5.32 Å². The lowest BCUT2D eigenvalue weighted by Crippen LogP contribution is -2.15. The van der Waals surface area contributed by atoms with Crippen molar-refractivity contribution in [2.24, 2.45) is 0 Å². The van der Waals surface area contributed by atoms with Crippen molar-refractivity contribution in [3.63, 3.8) is 0 Å². The number of carbonyl (C=O) groups is 1. The summed E-state index contributed by atoms with van der Waals surface area (Å²) in [4.78, 5) is 11.9. The number of rotatable bonds is 4. The number of carbonyl (C=O) groups excluding carboxylic acids is 1. The highest BCUT2D eigenvalue weighted by Gasteiger charge is 2.08. The number of hydrogen-bond acceptors (Lipinski definition) is 4. The van der Waals surface area contributed by atoms with E-state index in [4.69, 9.17) is 4.52 Å². The lowest BCUT2D eigenvalue weighted by Gasteiger charge is -2.04. The number of aromatic nitrogens is 3. The van der Waals surface area contributed by atoms with Crippen LogP contribution in [0, 0.1) is 13.8 Å². The number of hydrogen-bond donors (Lipinski definition) is 1. The van der Waals surface area contributed by atoms with Gasteiger partial charge >= 0.3 is 0 Å². The first-order valence-corrected chi connectivity index (χ1v) is 6.77. The number of benzene rings is 1. The third-order valence-electron chi connectivity index (χ3n) is 3.25. The molecule has 21 heavy (non-hydrogen) atoms. The molecule has 0 aliphatic rings. The highest BCUT2D eigenvalue weighted by molar-refractivity contribution is 5.89. The van der Waals surface area contributed by atoms with Gasteiger partial charge in [0.25, 0.3) is 0 Å². The molecule has 0 unspecified atom stereocenters. The first kappa shape index (κ1) is 13.4. The molecule has 0 saturated heterocycles. The Morgan fingerprint density at radius 3 is 2.95 bits per heavy atom. The molecule has 1 amide bonds. The summed E-state index contributed by atoms with van der Waals surface area (Å²) in [5.74, 6) is 0.997. The van der Waals surface area contributed by atoms with E-state index >= 15 is 0 Å². The van der Waals surface area contributed by atoms with Crippen molar-refractivity contribution < 1.29 is 9.32 Å². The molecule has 0 atom stereocenters. The largest absolute Gasteiger partial charge is 0.360 e. The minimum absolute atomic E-state index is 0.111. The van der Waals surface area contributed by atoms with Gasteiger partial charge < -0.3 is 9.84 Å². The Bertz CT molecular complexity index is 788. The lowest BCUT2D eigenvalue weighted by molar-refractivity contribution is -0.116. The molecule has 2 heterocycles. The Morgan fingerprint density at radius 2 is 2.19 bits per heavy atom. The van der Waals surface area contributed by atoms with Crippen molar-refractivity contribution in [3.8, 4) is 0 Å². The average molecular weight is 284 g/mol. The summed E-state index contributed by atoms with van der Waals surface area (Å²) in [5, 5.41) is 11.8. The quantitative estimate of drug-likeness (QED) is 0.799. The maximum atomic E-state index is 11.9. The lowest BCUT2D eigenvalue weighted by atomic mass is 10.2. The number of fused-ring (bicyclic) bond motifs is 1. The third-order valence-corrected chi connectivity index (χ3v) is 3.25. The first-order chi connectivity index (χ1) is 10.1. The third kappa shape index (κ3) is 2.94. The van der Waals surface area contributed by atoms with E-state index in [-0.39, 0.29) is 5.91 Å². The van der Waals surface area contributed by atoms with E-state index in [1.807, 2.05) is 29.9 Å². The molecule has 6 nitrogen and oxygen atoms in total. The molecule has 0 aliphatic heterocycles. The van der Waals surface area contributed by atoms with Crippen LogP contribution in [-0.2, 0) is 11.3 Å². The van der Waals surface area contributed by atoms with Crippen molar-refractivity contribution in [2.45, 2.75) is 26.8 Å². The fraction of sp³-hybridized carbons (Fsp3) is 0.267. The first-order valence-electron chi connectivity index (χ1n) is 6.77. The van der Waals surface area contributed by atoms with Gasteiger partial charge in [-0.05, 0) is 25.5 Å². The van der Waals surface area contributed by atoms with E-state index in [1.165, 1.54) is 5.56 Å². The fourth-order valence-corrected chi connectivity index (χ4v) is 2.20. The van der Waals surface area contributed by atoms with Gasteiger partial charge in [-0.3, -0.25) is 9.48 Å². The number of anilines is 1. The van der Waals surface area contributed by atoms with E-state index in [0.717, 1.165) is 10.9 Å². The summed E-state index contributed by atoms with van der Waals surface area (Å²) in [6.07, 6.45) is 2.14. The highest BCUT2D eigenvalue weighted by atomic mass is 16.5. The van der Waals surface area contributed by atoms with Crippen LogP contribution in [0.4, 0.5) is 5.82 Å². The van der Waals surface area contributed by atoms with Crippen LogP contribution in [0.2, 0.25) is 0 Å². The maximum absolute atomic E-state index is 11.9. The van der Waals surface area contributed by atoms with Crippen molar-refractivity contribution in [1.29, 1.82) is 0 Å². The molecule has 1 aromatic carbocycles. The molecule has 0 aliphatic carbocycles. The Balaban J connectivity index is 1.66. The molecule has 0 radical (unpaired) electrons. The Hall–Kier alpha value is -2.63. The Labute approximate surface area is 121 Å². The van der Waals surface area contributed by atoms with E-state index in [1.54, 1.807) is 13.0 Å². The van der Waals surface area contributed by atoms with E-state index in [9.17, 15) is 4.79 Å². The summed E-state index contributed by atoms with van der Waals surface area (Å²) in [5.41, 5.74) is 2.21. The average Bonchev–Trinajstić information content (AvgIpc) is 3.03. The second kappa shape index (κ2) is 5.40. The van der Waals surface area contributed by atoms with Crippen LogP contribution in [0.1, 0.15) is 17.7 Å². The van der Waals surface area contributed by atoms with Crippen molar-refractivity contribution >= 4 is 22.6 Å². The number of nitrogens with zero attached hydrogens (tertiary/aromatic N) is 3. The van der Waals surface area contributed by atoms with Crippen LogP contribution in [0.5, 0.6) is 0 Å². The van der Waals surface area contributed by atoms with E-state index in [0.29, 0.717) is 24.5 Å². The molecular weight excluding hydrogens is 268 g/mol. The zero-order valence-electron chi connectivity index (χ0n) is 12.0. The van der Waals surface area contributed by atoms with Crippen molar-refractivity contribution in [1.82, 2.24) is 14.9 Å². The maximum Gasteiger partial charge on any atom is 0.227 e. The molecule has 0 saturated carbocycles. The van der Waals surface area contributed by atoms with Crippen LogP contribution in [-0.4, -0.2) is 20.8 Å². The van der Waals surface area contributed by atoms with Gasteiger partial charge in [0.15, 0.2) is 5.82 Å². The van der Waals surface area contributed by atoms with Crippen molar-refractivity contribution in [3.05, 3.63) is 41.8 Å². The molecule has 1 N–H and O–H groups in total. The second-order valence-corrected chi connectivity index (χ2v) is 5.05.